The van der Waals surface area contributed by atoms with Crippen molar-refractivity contribution in [2.75, 3.05) is 0 Å². The number of hydrogen-bond acceptors (Lipinski definition) is 6. The van der Waals surface area contributed by atoms with Crippen LogP contribution in [0.25, 0.3) is 36.3 Å². The number of rotatable bonds is 0. The predicted octanol–water partition coefficient (Wildman–Crippen LogP) is 6.81. The van der Waals surface area contributed by atoms with Gasteiger partial charge in [-0.2, -0.15) is 0 Å². The largest absolute Gasteiger partial charge is 0.504 e. The molecule has 3 aromatic carbocycles. The molecule has 2 heterocycles. The summed E-state index contributed by atoms with van der Waals surface area (Å²) in [5.41, 5.74) is 0.866. The van der Waals surface area contributed by atoms with E-state index in [1.807, 2.05) is 74.5 Å². The highest BCUT2D eigenvalue weighted by molar-refractivity contribution is 7.25. The fourth-order valence-electron chi connectivity index (χ4n) is 3.76. The SMILES string of the molecule is CC.O[C@@H]1C=Cc2sc3ccccc3c2[C@@H]1O.Oc1ccc2sc3ccccc3c2c1O. The van der Waals surface area contributed by atoms with Crippen LogP contribution in [0.1, 0.15) is 30.4 Å². The average Bonchev–Trinajstić information content (AvgIpc) is 3.39. The lowest BCUT2D eigenvalue weighted by molar-refractivity contribution is 0.0483. The minimum Gasteiger partial charge on any atom is -0.504 e. The quantitative estimate of drug-likeness (QED) is 0.190. The van der Waals surface area contributed by atoms with Gasteiger partial charge in [0.15, 0.2) is 11.5 Å². The molecule has 0 saturated carbocycles. The first-order valence-corrected chi connectivity index (χ1v) is 12.1. The molecule has 0 bridgehead atoms. The van der Waals surface area contributed by atoms with Gasteiger partial charge >= 0.3 is 0 Å². The second-order valence-corrected chi connectivity index (χ2v) is 9.24. The molecule has 4 nitrogen and oxygen atoms in total. The van der Waals surface area contributed by atoms with Crippen LogP contribution in [0.5, 0.6) is 11.5 Å². The molecule has 164 valence electrons. The van der Waals surface area contributed by atoms with Crippen molar-refractivity contribution in [3.63, 3.8) is 0 Å². The molecule has 5 aromatic rings. The molecule has 0 unspecified atom stereocenters. The highest BCUT2D eigenvalue weighted by atomic mass is 32.1. The molecular formula is C26H24O4S2. The Kier molecular flexibility index (Phi) is 6.48. The van der Waals surface area contributed by atoms with Gasteiger partial charge in [-0.1, -0.05) is 56.3 Å². The third-order valence-corrected chi connectivity index (χ3v) is 7.51. The second kappa shape index (κ2) is 9.30. The van der Waals surface area contributed by atoms with Gasteiger partial charge in [0.05, 0.1) is 0 Å². The third-order valence-electron chi connectivity index (χ3n) is 5.22. The molecule has 2 aromatic heterocycles. The molecule has 1 aliphatic carbocycles. The molecule has 0 amide bonds. The van der Waals surface area contributed by atoms with Crippen LogP contribution in [-0.2, 0) is 0 Å². The summed E-state index contributed by atoms with van der Waals surface area (Å²) in [7, 11) is 0. The van der Waals surface area contributed by atoms with E-state index >= 15 is 0 Å². The molecule has 2 atom stereocenters. The maximum atomic E-state index is 9.92. The van der Waals surface area contributed by atoms with Gasteiger partial charge in [-0.25, -0.2) is 0 Å². The van der Waals surface area contributed by atoms with Crippen molar-refractivity contribution in [1.82, 2.24) is 0 Å². The number of fused-ring (bicyclic) bond motifs is 6. The van der Waals surface area contributed by atoms with Gasteiger partial charge in [-0.15, -0.1) is 22.7 Å². The summed E-state index contributed by atoms with van der Waals surface area (Å²) in [5, 5.41) is 41.5. The minimum atomic E-state index is -0.791. The number of aromatic hydroxyl groups is 2. The molecule has 4 N–H and O–H groups in total. The van der Waals surface area contributed by atoms with Gasteiger partial charge in [-0.3, -0.25) is 0 Å². The summed E-state index contributed by atoms with van der Waals surface area (Å²) in [6, 6.07) is 19.2. The monoisotopic (exact) mass is 464 g/mol. The van der Waals surface area contributed by atoms with Crippen molar-refractivity contribution in [3.05, 3.63) is 77.2 Å². The van der Waals surface area contributed by atoms with Crippen LogP contribution < -0.4 is 0 Å². The van der Waals surface area contributed by atoms with Gasteiger partial charge in [0.2, 0.25) is 0 Å². The lowest BCUT2D eigenvalue weighted by atomic mass is 9.96. The number of phenols is 2. The molecular weight excluding hydrogens is 440 g/mol. The molecule has 6 rings (SSSR count). The first-order valence-electron chi connectivity index (χ1n) is 10.4. The van der Waals surface area contributed by atoms with E-state index in [4.69, 9.17) is 0 Å². The number of thiophene rings is 2. The Morgan fingerprint density at radius 3 is 2.06 bits per heavy atom. The summed E-state index contributed by atoms with van der Waals surface area (Å²) in [4.78, 5) is 1.05. The Morgan fingerprint density at radius 1 is 0.719 bits per heavy atom. The number of hydrogen-bond donors (Lipinski definition) is 4. The van der Waals surface area contributed by atoms with Crippen molar-refractivity contribution in [1.29, 1.82) is 0 Å². The van der Waals surface area contributed by atoms with E-state index in [9.17, 15) is 20.4 Å². The zero-order valence-corrected chi connectivity index (χ0v) is 19.3. The summed E-state index contributed by atoms with van der Waals surface area (Å²) in [6.07, 6.45) is 1.96. The lowest BCUT2D eigenvalue weighted by Crippen LogP contribution is -2.18. The van der Waals surface area contributed by atoms with Crippen LogP contribution in [0.4, 0.5) is 0 Å². The van der Waals surface area contributed by atoms with E-state index in [0.29, 0.717) is 0 Å². The van der Waals surface area contributed by atoms with Crippen LogP contribution in [0.15, 0.2) is 66.7 Å². The summed E-state index contributed by atoms with van der Waals surface area (Å²) >= 11 is 3.26. The molecule has 0 spiro atoms. The van der Waals surface area contributed by atoms with E-state index in [0.717, 1.165) is 40.7 Å². The van der Waals surface area contributed by atoms with Gasteiger partial charge < -0.3 is 20.4 Å². The van der Waals surface area contributed by atoms with Crippen LogP contribution in [0.2, 0.25) is 0 Å². The van der Waals surface area contributed by atoms with E-state index in [2.05, 4.69) is 0 Å². The van der Waals surface area contributed by atoms with E-state index in [1.54, 1.807) is 28.7 Å². The van der Waals surface area contributed by atoms with Crippen LogP contribution in [0.3, 0.4) is 0 Å². The highest BCUT2D eigenvalue weighted by Gasteiger charge is 2.26. The van der Waals surface area contributed by atoms with Crippen molar-refractivity contribution in [2.24, 2.45) is 0 Å². The fraction of sp³-hybridized carbons (Fsp3) is 0.154. The predicted molar refractivity (Wildman–Crippen MR) is 136 cm³/mol. The first kappa shape index (κ1) is 22.3. The maximum Gasteiger partial charge on any atom is 0.166 e. The first-order chi connectivity index (χ1) is 15.5. The Balaban J connectivity index is 0.000000142. The summed E-state index contributed by atoms with van der Waals surface area (Å²) in [6.45, 7) is 4.00. The zero-order valence-electron chi connectivity index (χ0n) is 17.7. The summed E-state index contributed by atoms with van der Waals surface area (Å²) < 4.78 is 3.26. The Hall–Kier alpha value is -2.90. The Labute approximate surface area is 193 Å². The molecule has 0 saturated heterocycles. The average molecular weight is 465 g/mol. The number of aliphatic hydroxyl groups is 2. The zero-order chi connectivity index (χ0) is 22.8. The van der Waals surface area contributed by atoms with Gasteiger partial charge in [-0.05, 0) is 35.7 Å². The molecule has 1 aliphatic rings. The van der Waals surface area contributed by atoms with Crippen LogP contribution >= 0.6 is 22.7 Å². The van der Waals surface area contributed by atoms with Crippen LogP contribution in [-0.4, -0.2) is 26.5 Å². The lowest BCUT2D eigenvalue weighted by Gasteiger charge is -2.19. The molecule has 32 heavy (non-hydrogen) atoms. The molecule has 6 heteroatoms. The van der Waals surface area contributed by atoms with Crippen molar-refractivity contribution >= 4 is 59.0 Å². The van der Waals surface area contributed by atoms with E-state index in [-0.39, 0.29) is 11.5 Å². The van der Waals surface area contributed by atoms with Crippen molar-refractivity contribution < 1.29 is 20.4 Å². The van der Waals surface area contributed by atoms with Gasteiger partial charge in [0.1, 0.15) is 12.2 Å². The normalized spacial score (nSPS) is 16.9. The molecule has 0 fully saturated rings. The number of phenolic OH excluding ortho intramolecular Hbond substituents is 2. The minimum absolute atomic E-state index is 0.0232. The Morgan fingerprint density at radius 2 is 1.34 bits per heavy atom. The van der Waals surface area contributed by atoms with Gasteiger partial charge in [0.25, 0.3) is 0 Å². The van der Waals surface area contributed by atoms with E-state index < -0.39 is 12.2 Å². The molecule has 0 radical (unpaired) electrons. The third kappa shape index (κ3) is 3.87. The number of benzene rings is 3. The van der Waals surface area contributed by atoms with Gasteiger partial charge in [0, 0.05) is 35.3 Å². The smallest absolute Gasteiger partial charge is 0.166 e. The fourth-order valence-corrected chi connectivity index (χ4v) is 6.03. The second-order valence-electron chi connectivity index (χ2n) is 7.08. The van der Waals surface area contributed by atoms with Crippen LogP contribution in [0, 0.1) is 0 Å². The Bertz CT molecular complexity index is 1410. The topological polar surface area (TPSA) is 80.9 Å². The standard InChI is InChI=1S/C12H10O2S.C12H8O2S.C2H6/c2*13-8-5-6-10-11(12(8)14)7-3-1-2-4-9(7)15-10;1-2/h1-6,8,12-14H;1-6,13-14H;1-2H3/t8-,12-;;/m1../s1. The maximum absolute atomic E-state index is 9.92. The summed E-state index contributed by atoms with van der Waals surface area (Å²) in [5.74, 6) is -0.0870. The molecule has 0 aliphatic heterocycles. The number of aliphatic hydroxyl groups excluding tert-OH is 2. The highest BCUT2D eigenvalue weighted by Crippen LogP contribution is 2.43. The van der Waals surface area contributed by atoms with E-state index in [1.165, 1.54) is 6.07 Å². The van der Waals surface area contributed by atoms with Crippen molar-refractivity contribution in [3.8, 4) is 11.5 Å². The van der Waals surface area contributed by atoms with Crippen molar-refractivity contribution in [2.45, 2.75) is 26.1 Å².